The Morgan fingerprint density at radius 3 is 2.48 bits per heavy atom. The van der Waals surface area contributed by atoms with Gasteiger partial charge in [0.15, 0.2) is 9.84 Å². The molecule has 0 aliphatic heterocycles. The molecule has 0 radical (unpaired) electrons. The van der Waals surface area contributed by atoms with Crippen molar-refractivity contribution < 1.29 is 18.4 Å². The van der Waals surface area contributed by atoms with Crippen LogP contribution in [-0.2, 0) is 9.84 Å². The summed E-state index contributed by atoms with van der Waals surface area (Å²) in [5.41, 5.74) is 0.228. The van der Waals surface area contributed by atoms with Gasteiger partial charge in [-0.05, 0) is 18.2 Å². The molecule has 0 fully saturated rings. The van der Waals surface area contributed by atoms with E-state index in [9.17, 15) is 23.6 Å². The van der Waals surface area contributed by atoms with Crippen molar-refractivity contribution in [2.75, 3.05) is 18.1 Å². The van der Waals surface area contributed by atoms with Crippen LogP contribution >= 0.6 is 23.2 Å². The molecule has 25 heavy (non-hydrogen) atoms. The van der Waals surface area contributed by atoms with Crippen LogP contribution in [-0.4, -0.2) is 31.2 Å². The molecule has 0 aromatic heterocycles. The van der Waals surface area contributed by atoms with Crippen LogP contribution in [0.5, 0.6) is 0 Å². The fraction of sp³-hybridized carbons (Fsp3) is 0.200. The number of nitro benzene ring substituents is 1. The normalized spacial score (nSPS) is 12.6. The molecule has 2 aromatic rings. The summed E-state index contributed by atoms with van der Waals surface area (Å²) in [7, 11) is -3.71. The second-order valence-corrected chi connectivity index (χ2v) is 8.10. The Morgan fingerprint density at radius 2 is 1.92 bits per heavy atom. The lowest BCUT2D eigenvalue weighted by molar-refractivity contribution is -0.385. The third kappa shape index (κ3) is 4.82. The lowest BCUT2D eigenvalue weighted by atomic mass is 10.1. The first kappa shape index (κ1) is 19.5. The lowest BCUT2D eigenvalue weighted by Gasteiger charge is -2.16. The van der Waals surface area contributed by atoms with E-state index < -0.39 is 20.9 Å². The molecule has 0 spiro atoms. The highest BCUT2D eigenvalue weighted by molar-refractivity contribution is 7.90. The molecule has 0 amide bonds. The summed E-state index contributed by atoms with van der Waals surface area (Å²) in [6, 6.07) is 8.04. The van der Waals surface area contributed by atoms with E-state index in [1.807, 2.05) is 0 Å². The molecular weight excluding hydrogens is 391 g/mol. The molecule has 1 unspecified atom stereocenters. The van der Waals surface area contributed by atoms with Crippen molar-refractivity contribution in [3.05, 3.63) is 62.1 Å². The van der Waals surface area contributed by atoms with Crippen LogP contribution in [0.15, 0.2) is 41.3 Å². The third-order valence-corrected chi connectivity index (χ3v) is 5.08. The van der Waals surface area contributed by atoms with Crippen molar-refractivity contribution in [2.24, 2.45) is 0 Å². The maximum absolute atomic E-state index is 11.9. The maximum Gasteiger partial charge on any atom is 0.270 e. The Morgan fingerprint density at radius 1 is 1.24 bits per heavy atom. The van der Waals surface area contributed by atoms with Gasteiger partial charge in [0.2, 0.25) is 0 Å². The van der Waals surface area contributed by atoms with Gasteiger partial charge in [0, 0.05) is 40.5 Å². The summed E-state index contributed by atoms with van der Waals surface area (Å²) < 4.78 is 23.7. The second-order valence-electron chi connectivity index (χ2n) is 5.27. The van der Waals surface area contributed by atoms with Crippen LogP contribution in [0.25, 0.3) is 0 Å². The van der Waals surface area contributed by atoms with Gasteiger partial charge in [0.1, 0.15) is 0 Å². The number of aliphatic hydroxyl groups excluding tert-OH is 1. The highest BCUT2D eigenvalue weighted by Gasteiger charge is 2.19. The minimum atomic E-state index is -3.71. The van der Waals surface area contributed by atoms with Gasteiger partial charge < -0.3 is 10.4 Å². The molecule has 0 heterocycles. The second kappa shape index (κ2) is 7.57. The van der Waals surface area contributed by atoms with Crippen molar-refractivity contribution in [3.8, 4) is 0 Å². The van der Waals surface area contributed by atoms with Crippen LogP contribution in [0.1, 0.15) is 11.7 Å². The molecule has 7 nitrogen and oxygen atoms in total. The summed E-state index contributed by atoms with van der Waals surface area (Å²) in [4.78, 5) is 9.93. The van der Waals surface area contributed by atoms with E-state index in [0.29, 0.717) is 10.6 Å². The Labute approximate surface area is 154 Å². The van der Waals surface area contributed by atoms with Gasteiger partial charge in [-0.15, -0.1) is 0 Å². The van der Waals surface area contributed by atoms with Crippen LogP contribution in [0.2, 0.25) is 10.0 Å². The Kier molecular flexibility index (Phi) is 5.89. The quantitative estimate of drug-likeness (QED) is 0.563. The molecule has 0 aliphatic rings. The van der Waals surface area contributed by atoms with E-state index in [0.717, 1.165) is 12.3 Å². The molecule has 0 saturated heterocycles. The first-order chi connectivity index (χ1) is 11.6. The van der Waals surface area contributed by atoms with Crippen molar-refractivity contribution in [3.63, 3.8) is 0 Å². The predicted molar refractivity (Wildman–Crippen MR) is 96.1 cm³/mol. The SMILES string of the molecule is CS(=O)(=O)c1cc([N+](=O)[O-])ccc1NCC(O)c1ccc(Cl)cc1Cl. The number of nitrogens with one attached hydrogen (secondary N) is 1. The van der Waals surface area contributed by atoms with E-state index in [-0.39, 0.29) is 27.8 Å². The number of halogens is 2. The monoisotopic (exact) mass is 404 g/mol. The number of hydrogen-bond donors (Lipinski definition) is 2. The topological polar surface area (TPSA) is 110 Å². The molecule has 1 atom stereocenters. The zero-order valence-electron chi connectivity index (χ0n) is 12.9. The van der Waals surface area contributed by atoms with Crippen LogP contribution in [0.3, 0.4) is 0 Å². The molecule has 2 aromatic carbocycles. The number of rotatable bonds is 6. The molecule has 0 aliphatic carbocycles. The van der Waals surface area contributed by atoms with Crippen molar-refractivity contribution in [1.29, 1.82) is 0 Å². The minimum absolute atomic E-state index is 0.0539. The lowest BCUT2D eigenvalue weighted by Crippen LogP contribution is -2.14. The van der Waals surface area contributed by atoms with Gasteiger partial charge in [-0.1, -0.05) is 29.3 Å². The maximum atomic E-state index is 11.9. The number of aliphatic hydroxyl groups is 1. The highest BCUT2D eigenvalue weighted by atomic mass is 35.5. The standard InChI is InChI=1S/C15H14Cl2N2O5S/c1-25(23,24)15-7-10(19(21)22)3-5-13(15)18-8-14(20)11-4-2-9(16)6-12(11)17/h2-7,14,18,20H,8H2,1H3. The molecule has 134 valence electrons. The van der Waals surface area contributed by atoms with Crippen molar-refractivity contribution in [2.45, 2.75) is 11.0 Å². The number of hydrogen-bond acceptors (Lipinski definition) is 6. The average molecular weight is 405 g/mol. The van der Waals surface area contributed by atoms with E-state index in [4.69, 9.17) is 23.2 Å². The van der Waals surface area contributed by atoms with Gasteiger partial charge in [-0.3, -0.25) is 10.1 Å². The number of sulfone groups is 1. The highest BCUT2D eigenvalue weighted by Crippen LogP contribution is 2.29. The number of benzene rings is 2. The van der Waals surface area contributed by atoms with E-state index >= 15 is 0 Å². The first-order valence-electron chi connectivity index (χ1n) is 6.95. The first-order valence-corrected chi connectivity index (χ1v) is 9.59. The van der Waals surface area contributed by atoms with Crippen LogP contribution < -0.4 is 5.32 Å². The van der Waals surface area contributed by atoms with E-state index in [1.165, 1.54) is 18.2 Å². The van der Waals surface area contributed by atoms with Crippen molar-refractivity contribution >= 4 is 44.4 Å². The summed E-state index contributed by atoms with van der Waals surface area (Å²) in [6.45, 7) is -0.0539. The van der Waals surface area contributed by atoms with Gasteiger partial charge in [-0.2, -0.15) is 0 Å². The number of anilines is 1. The zero-order chi connectivity index (χ0) is 18.8. The predicted octanol–water partition coefficient (Wildman–Crippen LogP) is 3.45. The largest absolute Gasteiger partial charge is 0.387 e. The number of nitro groups is 1. The summed E-state index contributed by atoms with van der Waals surface area (Å²) in [5.74, 6) is 0. The van der Waals surface area contributed by atoms with E-state index in [1.54, 1.807) is 12.1 Å². The molecule has 2 rings (SSSR count). The summed E-state index contributed by atoms with van der Waals surface area (Å²) in [6.07, 6.45) is -0.0867. The summed E-state index contributed by atoms with van der Waals surface area (Å²) in [5, 5.41) is 24.5. The Balaban J connectivity index is 2.26. The third-order valence-electron chi connectivity index (χ3n) is 3.38. The molecule has 0 saturated carbocycles. The fourth-order valence-corrected chi connectivity index (χ4v) is 3.57. The van der Waals surface area contributed by atoms with Crippen LogP contribution in [0.4, 0.5) is 11.4 Å². The van der Waals surface area contributed by atoms with Gasteiger partial charge in [-0.25, -0.2) is 8.42 Å². The van der Waals surface area contributed by atoms with Crippen LogP contribution in [0, 0.1) is 10.1 Å². The minimum Gasteiger partial charge on any atom is -0.387 e. The fourth-order valence-electron chi connectivity index (χ4n) is 2.17. The van der Waals surface area contributed by atoms with Crippen molar-refractivity contribution in [1.82, 2.24) is 0 Å². The summed E-state index contributed by atoms with van der Waals surface area (Å²) >= 11 is 11.8. The molecule has 2 N–H and O–H groups in total. The molecule has 10 heteroatoms. The van der Waals surface area contributed by atoms with Gasteiger partial charge >= 0.3 is 0 Å². The van der Waals surface area contributed by atoms with Gasteiger partial charge in [0.05, 0.1) is 21.6 Å². The molecule has 0 bridgehead atoms. The Bertz CT molecular complexity index is 918. The average Bonchev–Trinajstić information content (AvgIpc) is 2.51. The molecular formula is C15H14Cl2N2O5S. The Hall–Kier alpha value is -1.87. The van der Waals surface area contributed by atoms with E-state index in [2.05, 4.69) is 5.32 Å². The van der Waals surface area contributed by atoms with Gasteiger partial charge in [0.25, 0.3) is 5.69 Å². The zero-order valence-corrected chi connectivity index (χ0v) is 15.3. The number of non-ortho nitro benzene ring substituents is 1. The smallest absolute Gasteiger partial charge is 0.270 e. The number of nitrogens with zero attached hydrogens (tertiary/aromatic N) is 1.